The van der Waals surface area contributed by atoms with Crippen molar-refractivity contribution in [2.45, 2.75) is 0 Å². The van der Waals surface area contributed by atoms with Crippen LogP contribution in [0.3, 0.4) is 0 Å². The van der Waals surface area contributed by atoms with Crippen molar-refractivity contribution in [3.8, 4) is 0 Å². The third kappa shape index (κ3) is 5.05. The molecule has 32 valence electrons. The summed E-state index contributed by atoms with van der Waals surface area (Å²) in [6.45, 7) is 0. The smallest absolute Gasteiger partial charge is 0.0353 e. The molecule has 3 heteroatoms. The third-order valence-electron chi connectivity index (χ3n) is 0.0680. The summed E-state index contributed by atoms with van der Waals surface area (Å²) < 4.78 is 40.3. The number of hydrogen-bond donors (Lipinski definition) is 0. The SMILES string of the molecule is [2H]C([2H])([2H])SSSC([2H])([2H])[2H]. The van der Waals surface area contributed by atoms with E-state index in [1.165, 1.54) is 0 Å². The van der Waals surface area contributed by atoms with Gasteiger partial charge in [0.15, 0.2) is 0 Å². The Hall–Kier alpha value is 1.05. The molecule has 0 radical (unpaired) electrons. The van der Waals surface area contributed by atoms with Crippen LogP contribution in [0.25, 0.3) is 0 Å². The monoisotopic (exact) mass is 132 g/mol. The molecule has 0 bridgehead atoms. The van der Waals surface area contributed by atoms with Crippen molar-refractivity contribution in [1.29, 1.82) is 0 Å². The van der Waals surface area contributed by atoms with Gasteiger partial charge < -0.3 is 0 Å². The quantitative estimate of drug-likeness (QED) is 0.529. The molecule has 0 spiro atoms. The first kappa shape index (κ1) is 1.26. The van der Waals surface area contributed by atoms with E-state index in [4.69, 9.17) is 8.22 Å². The van der Waals surface area contributed by atoms with Gasteiger partial charge in [0, 0.05) is 8.22 Å². The van der Waals surface area contributed by atoms with E-state index in [1.807, 2.05) is 0 Å². The largest absolute Gasteiger partial charge is 0.0860 e. The lowest BCUT2D eigenvalue weighted by atomic mass is 12.0. The summed E-state index contributed by atoms with van der Waals surface area (Å²) in [6.07, 6.45) is -4.24. The fraction of sp³-hybridized carbons (Fsp3) is 1.00. The van der Waals surface area contributed by atoms with Gasteiger partial charge in [-0.25, -0.2) is 0 Å². The molecule has 0 amide bonds. The molecule has 0 aliphatic heterocycles. The van der Waals surface area contributed by atoms with Gasteiger partial charge >= 0.3 is 0 Å². The Morgan fingerprint density at radius 2 is 2.00 bits per heavy atom. The van der Waals surface area contributed by atoms with E-state index in [-0.39, 0.29) is 0 Å². The second-order valence-electron chi connectivity index (χ2n) is 0.235. The average Bonchev–Trinajstić information content (AvgIpc) is 1.55. The summed E-state index contributed by atoms with van der Waals surface area (Å²) >= 11 is 0. The molecule has 5 heavy (non-hydrogen) atoms. The normalized spacial score (nSPS) is 31.2. The van der Waals surface area contributed by atoms with Crippen LogP contribution in [-0.4, -0.2) is 12.4 Å². The Morgan fingerprint density at radius 1 is 1.40 bits per heavy atom. The van der Waals surface area contributed by atoms with Gasteiger partial charge in [0.2, 0.25) is 0 Å². The summed E-state index contributed by atoms with van der Waals surface area (Å²) in [5.74, 6) is 0. The van der Waals surface area contributed by atoms with Gasteiger partial charge in [0.1, 0.15) is 0 Å². The first-order valence-corrected chi connectivity index (χ1v) is 4.22. The highest BCUT2D eigenvalue weighted by molar-refractivity contribution is 9.09. The van der Waals surface area contributed by atoms with E-state index in [0.717, 1.165) is 9.83 Å². The maximum absolute atomic E-state index is 6.72. The van der Waals surface area contributed by atoms with Gasteiger partial charge in [-0.1, -0.05) is 21.6 Å². The van der Waals surface area contributed by atoms with Crippen LogP contribution in [0, 0.1) is 0 Å². The Balaban J connectivity index is 3.44. The molecule has 0 unspecified atom stereocenters. The van der Waals surface area contributed by atoms with Crippen LogP contribution in [0.2, 0.25) is 0 Å². The van der Waals surface area contributed by atoms with E-state index < -0.39 is 12.4 Å². The Morgan fingerprint density at radius 3 is 2.40 bits per heavy atom. The molecule has 0 N–H and O–H groups in total. The van der Waals surface area contributed by atoms with Crippen LogP contribution < -0.4 is 0 Å². The molecule has 0 aliphatic carbocycles. The van der Waals surface area contributed by atoms with Crippen LogP contribution in [-0.2, 0) is 0 Å². The maximum atomic E-state index is 6.72. The van der Waals surface area contributed by atoms with Crippen molar-refractivity contribution < 1.29 is 8.22 Å². The fourth-order valence-electron chi connectivity index (χ4n) is 0.0170. The molecule has 0 atom stereocenters. The minimum absolute atomic E-state index is 0.580. The predicted molar refractivity (Wildman–Crippen MR) is 34.6 cm³/mol. The third-order valence-corrected chi connectivity index (χ3v) is 1.84. The Bertz CT molecular complexity index is 100.0. The molecule has 0 saturated carbocycles. The van der Waals surface area contributed by atoms with Crippen molar-refractivity contribution in [3.05, 3.63) is 0 Å². The molecule has 0 rings (SSSR count). The summed E-state index contributed by atoms with van der Waals surface area (Å²) in [7, 11) is 1.94. The average molecular weight is 132 g/mol. The molecular formula is C2H6S3. The van der Waals surface area contributed by atoms with Gasteiger partial charge in [0.25, 0.3) is 0 Å². The zero-order valence-electron chi connectivity index (χ0n) is 8.22. The second-order valence-corrected chi connectivity index (χ2v) is 3.34. The minimum atomic E-state index is -2.12. The van der Waals surface area contributed by atoms with Gasteiger partial charge in [-0.05, 0) is 22.2 Å². The van der Waals surface area contributed by atoms with Gasteiger partial charge in [-0.3, -0.25) is 0 Å². The number of rotatable bonds is 2. The second kappa shape index (κ2) is 5.05. The van der Waals surface area contributed by atoms with Crippen LogP contribution >= 0.6 is 31.4 Å². The zero-order valence-corrected chi connectivity index (χ0v) is 4.67. The summed E-state index contributed by atoms with van der Waals surface area (Å²) in [4.78, 5) is 0. The van der Waals surface area contributed by atoms with E-state index in [2.05, 4.69) is 0 Å². The van der Waals surface area contributed by atoms with Crippen molar-refractivity contribution in [2.24, 2.45) is 0 Å². The van der Waals surface area contributed by atoms with E-state index in [0.29, 0.717) is 21.6 Å². The first-order valence-electron chi connectivity index (χ1n) is 3.74. The highest BCUT2D eigenvalue weighted by Gasteiger charge is 1.68. The summed E-state index contributed by atoms with van der Waals surface area (Å²) in [6, 6.07) is 0. The predicted octanol–water partition coefficient (Wildman–Crippen LogP) is 2.28. The molecule has 0 aliphatic rings. The standard InChI is InChI=1S/C2H6S3/c1-3-5-4-2/h1-2H3/i1D3,2D3. The molecule has 0 aromatic rings. The van der Waals surface area contributed by atoms with E-state index >= 15 is 0 Å². The lowest BCUT2D eigenvalue weighted by Crippen LogP contribution is -1.30. The minimum Gasteiger partial charge on any atom is -0.0860 e. The first-order chi connectivity index (χ1) is 4.71. The molecule has 0 aromatic heterocycles. The van der Waals surface area contributed by atoms with Crippen molar-refractivity contribution in [2.75, 3.05) is 12.4 Å². The molecule has 0 nitrogen and oxygen atoms in total. The topological polar surface area (TPSA) is 0 Å². The fourth-order valence-corrected chi connectivity index (χ4v) is 0.459. The molecule has 0 heterocycles. The van der Waals surface area contributed by atoms with Crippen molar-refractivity contribution in [3.63, 3.8) is 0 Å². The highest BCUT2D eigenvalue weighted by Crippen LogP contribution is 2.28. The maximum Gasteiger partial charge on any atom is 0.0353 e. The van der Waals surface area contributed by atoms with Gasteiger partial charge in [-0.2, -0.15) is 0 Å². The lowest BCUT2D eigenvalue weighted by molar-refractivity contribution is 2.54. The van der Waals surface area contributed by atoms with Crippen LogP contribution in [0.4, 0.5) is 0 Å². The number of hydrogen-bond acceptors (Lipinski definition) is 3. The molecule has 0 saturated heterocycles. The lowest BCUT2D eigenvalue weighted by Gasteiger charge is -1.78. The summed E-state index contributed by atoms with van der Waals surface area (Å²) in [5, 5.41) is 0. The highest BCUT2D eigenvalue weighted by atomic mass is 33.5. The van der Waals surface area contributed by atoms with E-state index in [1.54, 1.807) is 0 Å². The van der Waals surface area contributed by atoms with Crippen molar-refractivity contribution in [1.82, 2.24) is 0 Å². The summed E-state index contributed by atoms with van der Waals surface area (Å²) in [5.41, 5.74) is 0. The Labute approximate surface area is 52.7 Å². The Kier molecular flexibility index (Phi) is 1.28. The molecule has 0 fully saturated rings. The van der Waals surface area contributed by atoms with Gasteiger partial charge in [0.05, 0.1) is 0 Å². The van der Waals surface area contributed by atoms with Crippen molar-refractivity contribution >= 4 is 31.4 Å². The van der Waals surface area contributed by atoms with Crippen LogP contribution in [0.5, 0.6) is 0 Å². The van der Waals surface area contributed by atoms with Gasteiger partial charge in [-0.15, -0.1) is 0 Å². The van der Waals surface area contributed by atoms with Crippen LogP contribution in [0.15, 0.2) is 0 Å². The van der Waals surface area contributed by atoms with E-state index in [9.17, 15) is 0 Å². The zero-order chi connectivity index (χ0) is 9.12. The molecule has 0 aromatic carbocycles. The van der Waals surface area contributed by atoms with Crippen LogP contribution in [0.1, 0.15) is 8.22 Å². The molecular weight excluding hydrogens is 120 g/mol.